The zero-order chi connectivity index (χ0) is 23.9. The van der Waals surface area contributed by atoms with Gasteiger partial charge in [0.1, 0.15) is 0 Å². The Bertz CT molecular complexity index is 1120. The van der Waals surface area contributed by atoms with Crippen molar-refractivity contribution in [3.8, 4) is 0 Å². The number of ether oxygens (including phenoxy) is 1. The number of rotatable bonds is 8. The van der Waals surface area contributed by atoms with E-state index in [1.807, 2.05) is 33.8 Å². The lowest BCUT2D eigenvalue weighted by atomic mass is 9.93. The van der Waals surface area contributed by atoms with Crippen molar-refractivity contribution < 1.29 is 19.1 Å². The van der Waals surface area contributed by atoms with Crippen molar-refractivity contribution in [2.45, 2.75) is 57.0 Å². The van der Waals surface area contributed by atoms with Crippen LogP contribution in [0.4, 0.5) is 0 Å². The van der Waals surface area contributed by atoms with Crippen LogP contribution >= 0.6 is 11.6 Å². The molecule has 0 saturated heterocycles. The fourth-order valence-corrected chi connectivity index (χ4v) is 4.96. The summed E-state index contributed by atoms with van der Waals surface area (Å²) in [4.78, 5) is 39.9. The highest BCUT2D eigenvalue weighted by molar-refractivity contribution is 6.30. The second-order valence-corrected chi connectivity index (χ2v) is 9.98. The number of amides is 2. The van der Waals surface area contributed by atoms with E-state index in [1.165, 1.54) is 20.0 Å². The molecule has 2 amide bonds. The average molecular weight is 485 g/mol. The third-order valence-corrected chi connectivity index (χ3v) is 7.41. The monoisotopic (exact) mass is 484 g/mol. The molecule has 8 nitrogen and oxygen atoms in total. The van der Waals surface area contributed by atoms with Crippen molar-refractivity contribution in [3.63, 3.8) is 0 Å². The Morgan fingerprint density at radius 1 is 1.21 bits per heavy atom. The van der Waals surface area contributed by atoms with Crippen molar-refractivity contribution in [1.82, 2.24) is 20.0 Å². The van der Waals surface area contributed by atoms with Crippen LogP contribution in [0.5, 0.6) is 0 Å². The Balaban J connectivity index is 1.36. The lowest BCUT2D eigenvalue weighted by Crippen LogP contribution is -2.43. The molecule has 0 bridgehead atoms. The first-order valence-electron chi connectivity index (χ1n) is 11.9. The molecule has 5 rings (SSSR count). The number of carbonyl (C=O) groups is 3. The van der Waals surface area contributed by atoms with Crippen molar-refractivity contribution in [3.05, 3.63) is 51.8 Å². The van der Waals surface area contributed by atoms with Crippen molar-refractivity contribution in [1.29, 1.82) is 0 Å². The summed E-state index contributed by atoms with van der Waals surface area (Å²) in [6.45, 7) is 1.97. The van der Waals surface area contributed by atoms with Crippen molar-refractivity contribution in [2.24, 2.45) is 5.92 Å². The number of nitrogens with zero attached hydrogens (tertiary/aromatic N) is 3. The predicted molar refractivity (Wildman–Crippen MR) is 125 cm³/mol. The molecular weight excluding hydrogens is 456 g/mol. The number of benzene rings is 1. The van der Waals surface area contributed by atoms with Crippen LogP contribution < -0.4 is 5.32 Å². The Labute approximate surface area is 203 Å². The standard InChI is InChI=1S/C25H29ClN4O4/c1-34-21(31)8-12-27-23(32)22-19-15-29(13-9-20(19)30(28-22)14-16-2-3-16)24(33)25(10-11-25)17-4-6-18(26)7-5-17/h4-7,16H,2-3,8-15H2,1H3,(H,27,32). The van der Waals surface area contributed by atoms with E-state index in [1.54, 1.807) is 0 Å². The highest BCUT2D eigenvalue weighted by atomic mass is 35.5. The van der Waals surface area contributed by atoms with Gasteiger partial charge in [-0.2, -0.15) is 5.10 Å². The molecule has 34 heavy (non-hydrogen) atoms. The largest absolute Gasteiger partial charge is 0.469 e. The second-order valence-electron chi connectivity index (χ2n) is 9.55. The number of esters is 1. The average Bonchev–Trinajstić information content (AvgIpc) is 3.77. The van der Waals surface area contributed by atoms with Gasteiger partial charge < -0.3 is 15.0 Å². The number of carbonyl (C=O) groups excluding carboxylic acids is 3. The summed E-state index contributed by atoms with van der Waals surface area (Å²) in [7, 11) is 1.32. The van der Waals surface area contributed by atoms with Gasteiger partial charge in [0.2, 0.25) is 5.91 Å². The maximum atomic E-state index is 13.6. The number of nitrogens with one attached hydrogen (secondary N) is 1. The molecule has 1 aliphatic heterocycles. The Morgan fingerprint density at radius 2 is 1.94 bits per heavy atom. The van der Waals surface area contributed by atoms with Gasteiger partial charge in [0, 0.05) is 48.9 Å². The van der Waals surface area contributed by atoms with Gasteiger partial charge in [0.25, 0.3) is 5.91 Å². The van der Waals surface area contributed by atoms with Gasteiger partial charge in [-0.3, -0.25) is 19.1 Å². The summed E-state index contributed by atoms with van der Waals surface area (Å²) in [5, 5.41) is 8.10. The zero-order valence-corrected chi connectivity index (χ0v) is 20.1. The first kappa shape index (κ1) is 22.9. The van der Waals surface area contributed by atoms with Gasteiger partial charge in [0.15, 0.2) is 5.69 Å². The van der Waals surface area contributed by atoms with Crippen LogP contribution in [0.3, 0.4) is 0 Å². The Hall–Kier alpha value is -2.87. The number of hydrogen-bond donors (Lipinski definition) is 1. The van der Waals surface area contributed by atoms with Gasteiger partial charge in [-0.15, -0.1) is 0 Å². The van der Waals surface area contributed by atoms with E-state index in [2.05, 4.69) is 15.2 Å². The minimum atomic E-state index is -0.491. The smallest absolute Gasteiger partial charge is 0.307 e. The molecule has 2 aliphatic carbocycles. The number of hydrogen-bond acceptors (Lipinski definition) is 5. The lowest BCUT2D eigenvalue weighted by molar-refractivity contribution is -0.140. The van der Waals surface area contributed by atoms with Crippen LogP contribution in [0, 0.1) is 5.92 Å². The summed E-state index contributed by atoms with van der Waals surface area (Å²) in [5.41, 5.74) is 2.73. The second kappa shape index (κ2) is 9.06. The first-order valence-corrected chi connectivity index (χ1v) is 12.3. The van der Waals surface area contributed by atoms with Crippen LogP contribution in [0.25, 0.3) is 0 Å². The summed E-state index contributed by atoms with van der Waals surface area (Å²) in [6, 6.07) is 7.54. The van der Waals surface area contributed by atoms with Gasteiger partial charge in [-0.05, 0) is 49.3 Å². The first-order chi connectivity index (χ1) is 16.4. The minimum absolute atomic E-state index is 0.0986. The maximum absolute atomic E-state index is 13.6. The molecule has 1 aromatic heterocycles. The highest BCUT2D eigenvalue weighted by Gasteiger charge is 2.53. The van der Waals surface area contributed by atoms with Crippen LogP contribution in [0.2, 0.25) is 5.02 Å². The number of methoxy groups -OCH3 is 1. The molecule has 2 heterocycles. The highest BCUT2D eigenvalue weighted by Crippen LogP contribution is 2.50. The molecule has 2 fully saturated rings. The number of halogens is 1. The van der Waals surface area contributed by atoms with Crippen LogP contribution in [0.15, 0.2) is 24.3 Å². The van der Waals surface area contributed by atoms with Crippen molar-refractivity contribution >= 4 is 29.4 Å². The van der Waals surface area contributed by atoms with E-state index < -0.39 is 5.41 Å². The summed E-state index contributed by atoms with van der Waals surface area (Å²) >= 11 is 6.05. The lowest BCUT2D eigenvalue weighted by Gasteiger charge is -2.31. The molecule has 0 spiro atoms. The molecule has 0 atom stereocenters. The Morgan fingerprint density at radius 3 is 2.59 bits per heavy atom. The van der Waals surface area contributed by atoms with E-state index in [9.17, 15) is 14.4 Å². The van der Waals surface area contributed by atoms with E-state index in [0.29, 0.717) is 36.1 Å². The maximum Gasteiger partial charge on any atom is 0.307 e. The van der Waals surface area contributed by atoms with E-state index in [0.717, 1.165) is 36.2 Å². The fourth-order valence-electron chi connectivity index (χ4n) is 4.83. The molecular formula is C25H29ClN4O4. The molecule has 0 radical (unpaired) electrons. The van der Waals surface area contributed by atoms with Gasteiger partial charge in [-0.25, -0.2) is 0 Å². The van der Waals surface area contributed by atoms with Gasteiger partial charge >= 0.3 is 5.97 Å². The van der Waals surface area contributed by atoms with Crippen LogP contribution in [-0.4, -0.2) is 52.7 Å². The van der Waals surface area contributed by atoms with Crippen LogP contribution in [-0.2, 0) is 39.3 Å². The molecule has 9 heteroatoms. The normalized spacial score (nSPS) is 18.2. The SMILES string of the molecule is COC(=O)CCNC(=O)c1nn(CC2CC2)c2c1CN(C(=O)C1(c3ccc(Cl)cc3)CC1)CC2. The van der Waals surface area contributed by atoms with Crippen LogP contribution in [0.1, 0.15) is 59.4 Å². The summed E-state index contributed by atoms with van der Waals surface area (Å²) in [5.74, 6) is 0.0177. The van der Waals surface area contributed by atoms with E-state index in [4.69, 9.17) is 11.6 Å². The minimum Gasteiger partial charge on any atom is -0.469 e. The number of fused-ring (bicyclic) bond motifs is 1. The molecule has 1 N–H and O–H groups in total. The van der Waals surface area contributed by atoms with E-state index in [-0.39, 0.29) is 30.7 Å². The third-order valence-electron chi connectivity index (χ3n) is 7.16. The quantitative estimate of drug-likeness (QED) is 0.581. The molecule has 1 aromatic carbocycles. The molecule has 0 unspecified atom stereocenters. The summed E-state index contributed by atoms with van der Waals surface area (Å²) in [6.07, 6.45) is 4.78. The number of aromatic nitrogens is 2. The van der Waals surface area contributed by atoms with Gasteiger partial charge in [-0.1, -0.05) is 23.7 Å². The topological polar surface area (TPSA) is 93.5 Å². The summed E-state index contributed by atoms with van der Waals surface area (Å²) < 4.78 is 6.61. The molecule has 180 valence electrons. The van der Waals surface area contributed by atoms with Crippen molar-refractivity contribution in [2.75, 3.05) is 20.2 Å². The van der Waals surface area contributed by atoms with E-state index >= 15 is 0 Å². The zero-order valence-electron chi connectivity index (χ0n) is 19.3. The Kier molecular flexibility index (Phi) is 6.10. The molecule has 2 aromatic rings. The third kappa shape index (κ3) is 4.43. The molecule has 2 saturated carbocycles. The fraction of sp³-hybridized carbons (Fsp3) is 0.520. The molecule has 3 aliphatic rings. The van der Waals surface area contributed by atoms with Gasteiger partial charge in [0.05, 0.1) is 18.9 Å². The predicted octanol–water partition coefficient (Wildman–Crippen LogP) is 2.86.